The fourth-order valence-corrected chi connectivity index (χ4v) is 1.84. The van der Waals surface area contributed by atoms with E-state index in [0.717, 1.165) is 18.2 Å². The van der Waals surface area contributed by atoms with Gasteiger partial charge in [0.2, 0.25) is 0 Å². The summed E-state index contributed by atoms with van der Waals surface area (Å²) in [6.45, 7) is 1.28. The summed E-state index contributed by atoms with van der Waals surface area (Å²) in [5.74, 6) is -2.00. The van der Waals surface area contributed by atoms with Crippen LogP contribution in [0.15, 0.2) is 36.4 Å². The van der Waals surface area contributed by atoms with Crippen molar-refractivity contribution in [1.29, 1.82) is 0 Å². The number of carbonyl (C=O) groups excluding carboxylic acids is 1. The summed E-state index contributed by atoms with van der Waals surface area (Å²) in [6, 6.07) is 6.53. The maximum Gasteiger partial charge on any atom is 0.278 e. The van der Waals surface area contributed by atoms with Gasteiger partial charge in [0.1, 0.15) is 11.6 Å². The van der Waals surface area contributed by atoms with Crippen LogP contribution < -0.4 is 0 Å². The lowest BCUT2D eigenvalue weighted by atomic mass is 10.00. The van der Waals surface area contributed by atoms with Gasteiger partial charge in [-0.15, -0.1) is 0 Å². The number of hydrogen-bond acceptors (Lipinski definition) is 3. The van der Waals surface area contributed by atoms with Crippen molar-refractivity contribution in [3.63, 3.8) is 0 Å². The molecule has 0 aliphatic heterocycles. The van der Waals surface area contributed by atoms with Crippen LogP contribution in [0.25, 0.3) is 11.1 Å². The fourth-order valence-electron chi connectivity index (χ4n) is 1.84. The van der Waals surface area contributed by atoms with E-state index in [4.69, 9.17) is 0 Å². The molecular formula is C14H9F2NO3. The van der Waals surface area contributed by atoms with Crippen LogP contribution in [0.4, 0.5) is 14.5 Å². The molecule has 0 aromatic heterocycles. The molecule has 2 rings (SSSR count). The van der Waals surface area contributed by atoms with Crippen LogP contribution in [0.2, 0.25) is 0 Å². The number of nitro groups is 1. The maximum atomic E-state index is 13.7. The number of hydrogen-bond donors (Lipinski definition) is 0. The molecule has 2 aromatic rings. The molecule has 2 aromatic carbocycles. The van der Waals surface area contributed by atoms with E-state index in [0.29, 0.717) is 6.07 Å². The van der Waals surface area contributed by atoms with E-state index >= 15 is 0 Å². The molecule has 0 atom stereocenters. The lowest BCUT2D eigenvalue weighted by Crippen LogP contribution is -1.98. The van der Waals surface area contributed by atoms with Crippen LogP contribution in [0.5, 0.6) is 0 Å². The van der Waals surface area contributed by atoms with Crippen LogP contribution in [-0.4, -0.2) is 10.7 Å². The van der Waals surface area contributed by atoms with Crippen molar-refractivity contribution < 1.29 is 18.5 Å². The number of halogens is 2. The lowest BCUT2D eigenvalue weighted by molar-refractivity contribution is -0.384. The molecule has 0 spiro atoms. The Bertz CT molecular complexity index is 714. The highest BCUT2D eigenvalue weighted by atomic mass is 19.1. The van der Waals surface area contributed by atoms with Gasteiger partial charge in [-0.05, 0) is 25.1 Å². The molecule has 0 saturated carbocycles. The molecule has 0 amide bonds. The quantitative estimate of drug-likeness (QED) is 0.487. The standard InChI is InChI=1S/C14H9F2NO3/c1-8(18)9-2-4-12(14(6-9)17(19)20)11-5-3-10(15)7-13(11)16/h2-7H,1H3. The summed E-state index contributed by atoms with van der Waals surface area (Å²) >= 11 is 0. The fraction of sp³-hybridized carbons (Fsp3) is 0.0714. The third kappa shape index (κ3) is 2.54. The number of nitro benzene ring substituents is 1. The van der Waals surface area contributed by atoms with Crippen LogP contribution in [0.1, 0.15) is 17.3 Å². The number of nitrogens with zero attached hydrogens (tertiary/aromatic N) is 1. The molecule has 0 bridgehead atoms. The lowest BCUT2D eigenvalue weighted by Gasteiger charge is -2.06. The molecule has 0 saturated heterocycles. The molecule has 102 valence electrons. The molecule has 0 fully saturated rings. The van der Waals surface area contributed by atoms with E-state index in [1.54, 1.807) is 0 Å². The Kier molecular flexibility index (Phi) is 3.56. The van der Waals surface area contributed by atoms with Crippen LogP contribution in [0, 0.1) is 21.7 Å². The maximum absolute atomic E-state index is 13.7. The molecule has 0 aliphatic carbocycles. The third-order valence-corrected chi connectivity index (χ3v) is 2.82. The molecule has 6 heteroatoms. The van der Waals surface area contributed by atoms with Crippen molar-refractivity contribution in [2.45, 2.75) is 6.92 Å². The Morgan fingerprint density at radius 3 is 2.30 bits per heavy atom. The normalized spacial score (nSPS) is 10.3. The zero-order chi connectivity index (χ0) is 14.9. The number of carbonyl (C=O) groups is 1. The predicted octanol–water partition coefficient (Wildman–Crippen LogP) is 3.74. The third-order valence-electron chi connectivity index (χ3n) is 2.82. The minimum Gasteiger partial charge on any atom is -0.295 e. The van der Waals surface area contributed by atoms with Gasteiger partial charge in [0.05, 0.1) is 10.5 Å². The Hall–Kier alpha value is -2.63. The molecule has 0 N–H and O–H groups in total. The second kappa shape index (κ2) is 5.16. The highest BCUT2D eigenvalue weighted by Gasteiger charge is 2.20. The van der Waals surface area contributed by atoms with Gasteiger partial charge in [0.15, 0.2) is 5.78 Å². The van der Waals surface area contributed by atoms with Gasteiger partial charge in [0, 0.05) is 23.3 Å². The Morgan fingerprint density at radius 1 is 1.10 bits per heavy atom. The van der Waals surface area contributed by atoms with Crippen molar-refractivity contribution in [2.24, 2.45) is 0 Å². The van der Waals surface area contributed by atoms with Gasteiger partial charge in [-0.1, -0.05) is 6.07 Å². The monoisotopic (exact) mass is 277 g/mol. The number of benzene rings is 2. The topological polar surface area (TPSA) is 60.2 Å². The molecular weight excluding hydrogens is 268 g/mol. The Morgan fingerprint density at radius 2 is 1.75 bits per heavy atom. The largest absolute Gasteiger partial charge is 0.295 e. The van der Waals surface area contributed by atoms with Crippen molar-refractivity contribution >= 4 is 11.5 Å². The van der Waals surface area contributed by atoms with Gasteiger partial charge in [-0.2, -0.15) is 0 Å². The highest BCUT2D eigenvalue weighted by molar-refractivity contribution is 5.96. The average Bonchev–Trinajstić information content (AvgIpc) is 2.38. The molecule has 0 aliphatic rings. The molecule has 0 heterocycles. The highest BCUT2D eigenvalue weighted by Crippen LogP contribution is 2.32. The average molecular weight is 277 g/mol. The van der Waals surface area contributed by atoms with Crippen LogP contribution >= 0.6 is 0 Å². The zero-order valence-corrected chi connectivity index (χ0v) is 10.4. The Balaban J connectivity index is 2.67. The minimum absolute atomic E-state index is 0.00231. The molecule has 0 unspecified atom stereocenters. The van der Waals surface area contributed by atoms with E-state index in [2.05, 4.69) is 0 Å². The van der Waals surface area contributed by atoms with E-state index < -0.39 is 22.2 Å². The summed E-state index contributed by atoms with van der Waals surface area (Å²) in [6.07, 6.45) is 0. The van der Waals surface area contributed by atoms with Gasteiger partial charge in [-0.25, -0.2) is 8.78 Å². The summed E-state index contributed by atoms with van der Waals surface area (Å²) in [5.41, 5.74) is -0.336. The van der Waals surface area contributed by atoms with Crippen LogP contribution in [-0.2, 0) is 0 Å². The summed E-state index contributed by atoms with van der Waals surface area (Å²) in [5, 5.41) is 11.0. The number of ketones is 1. The van der Waals surface area contributed by atoms with Crippen molar-refractivity contribution in [3.8, 4) is 11.1 Å². The van der Waals surface area contributed by atoms with E-state index in [-0.39, 0.29) is 22.5 Å². The smallest absolute Gasteiger partial charge is 0.278 e. The van der Waals surface area contributed by atoms with Gasteiger partial charge >= 0.3 is 0 Å². The van der Waals surface area contributed by atoms with Gasteiger partial charge in [-0.3, -0.25) is 14.9 Å². The van der Waals surface area contributed by atoms with E-state index in [1.165, 1.54) is 19.1 Å². The van der Waals surface area contributed by atoms with E-state index in [9.17, 15) is 23.7 Å². The first-order valence-corrected chi connectivity index (χ1v) is 5.65. The summed E-state index contributed by atoms with van der Waals surface area (Å²) < 4.78 is 26.6. The number of rotatable bonds is 3. The van der Waals surface area contributed by atoms with Crippen molar-refractivity contribution in [1.82, 2.24) is 0 Å². The Labute approximate surface area is 112 Å². The summed E-state index contributed by atoms with van der Waals surface area (Å²) in [7, 11) is 0. The first-order valence-electron chi connectivity index (χ1n) is 5.65. The minimum atomic E-state index is -0.899. The summed E-state index contributed by atoms with van der Waals surface area (Å²) in [4.78, 5) is 21.6. The van der Waals surface area contributed by atoms with E-state index in [1.807, 2.05) is 0 Å². The van der Waals surface area contributed by atoms with Crippen LogP contribution in [0.3, 0.4) is 0 Å². The van der Waals surface area contributed by atoms with Crippen molar-refractivity contribution in [2.75, 3.05) is 0 Å². The molecule has 20 heavy (non-hydrogen) atoms. The number of Topliss-reactive ketones (excluding diaryl/α,β-unsaturated/α-hetero) is 1. The van der Waals surface area contributed by atoms with Gasteiger partial charge < -0.3 is 0 Å². The predicted molar refractivity (Wildman–Crippen MR) is 68.5 cm³/mol. The SMILES string of the molecule is CC(=O)c1ccc(-c2ccc(F)cc2F)c([N+](=O)[O-])c1. The molecule has 4 nitrogen and oxygen atoms in total. The first-order chi connectivity index (χ1) is 9.40. The second-order valence-electron chi connectivity index (χ2n) is 4.17. The molecule has 0 radical (unpaired) electrons. The first kappa shape index (κ1) is 13.8. The second-order valence-corrected chi connectivity index (χ2v) is 4.17. The van der Waals surface area contributed by atoms with Gasteiger partial charge in [0.25, 0.3) is 5.69 Å². The zero-order valence-electron chi connectivity index (χ0n) is 10.4. The van der Waals surface area contributed by atoms with Crippen molar-refractivity contribution in [3.05, 3.63) is 63.7 Å².